The molecule has 1 heterocycles. The summed E-state index contributed by atoms with van der Waals surface area (Å²) < 4.78 is 0. The summed E-state index contributed by atoms with van der Waals surface area (Å²) in [5.41, 5.74) is 6.76. The van der Waals surface area contributed by atoms with Gasteiger partial charge in [0.1, 0.15) is 0 Å². The number of hydrogen-bond acceptors (Lipinski definition) is 3. The van der Waals surface area contributed by atoms with E-state index >= 15 is 0 Å². The second-order valence-electron chi connectivity index (χ2n) is 5.32. The van der Waals surface area contributed by atoms with Gasteiger partial charge in [0.05, 0.1) is 0 Å². The highest BCUT2D eigenvalue weighted by molar-refractivity contribution is 5.78. The third-order valence-electron chi connectivity index (χ3n) is 3.77. The predicted molar refractivity (Wildman–Crippen MR) is 78.0 cm³/mol. The van der Waals surface area contributed by atoms with Crippen molar-refractivity contribution in [1.29, 1.82) is 0 Å². The number of carbonyl (C=O) groups is 1. The summed E-state index contributed by atoms with van der Waals surface area (Å²) in [7, 11) is 0. The molecular weight excluding hydrogens is 238 g/mol. The first kappa shape index (κ1) is 13.9. The lowest BCUT2D eigenvalue weighted by Crippen LogP contribution is -2.36. The van der Waals surface area contributed by atoms with Crippen molar-refractivity contribution in [2.75, 3.05) is 31.1 Å². The van der Waals surface area contributed by atoms with Gasteiger partial charge < -0.3 is 16.0 Å². The third kappa shape index (κ3) is 3.70. The van der Waals surface area contributed by atoms with Crippen molar-refractivity contribution >= 4 is 11.6 Å². The van der Waals surface area contributed by atoms with Crippen LogP contribution in [0.15, 0.2) is 30.3 Å². The number of para-hydroxylation sites is 1. The Hall–Kier alpha value is -1.55. The smallest absolute Gasteiger partial charge is 0.224 e. The maximum Gasteiger partial charge on any atom is 0.224 e. The zero-order valence-corrected chi connectivity index (χ0v) is 11.5. The van der Waals surface area contributed by atoms with Gasteiger partial charge in [-0.1, -0.05) is 25.1 Å². The number of anilines is 1. The van der Waals surface area contributed by atoms with E-state index in [-0.39, 0.29) is 11.8 Å². The Morgan fingerprint density at radius 1 is 1.47 bits per heavy atom. The van der Waals surface area contributed by atoms with Gasteiger partial charge in [0.15, 0.2) is 0 Å². The van der Waals surface area contributed by atoms with Gasteiger partial charge in [-0.05, 0) is 24.5 Å². The standard InChI is InChI=1S/C15H23N3O/c1-12(9-16)15(19)17-10-13-7-8-18(11-13)14-5-3-2-4-6-14/h2-6,12-13H,7-11,16H2,1H3,(H,17,19). The third-order valence-corrected chi connectivity index (χ3v) is 3.77. The zero-order chi connectivity index (χ0) is 13.7. The van der Waals surface area contributed by atoms with Gasteiger partial charge in [-0.3, -0.25) is 4.79 Å². The first-order valence-electron chi connectivity index (χ1n) is 6.98. The molecule has 0 aromatic heterocycles. The van der Waals surface area contributed by atoms with Crippen LogP contribution in [0.2, 0.25) is 0 Å². The van der Waals surface area contributed by atoms with Crippen molar-refractivity contribution in [3.63, 3.8) is 0 Å². The molecule has 1 aromatic rings. The lowest BCUT2D eigenvalue weighted by molar-refractivity contribution is -0.124. The highest BCUT2D eigenvalue weighted by Crippen LogP contribution is 2.22. The second kappa shape index (κ2) is 6.57. The first-order valence-corrected chi connectivity index (χ1v) is 6.98. The van der Waals surface area contributed by atoms with Crippen molar-refractivity contribution in [1.82, 2.24) is 5.32 Å². The lowest BCUT2D eigenvalue weighted by atomic mass is 10.1. The molecule has 2 rings (SSSR count). The summed E-state index contributed by atoms with van der Waals surface area (Å²) in [4.78, 5) is 14.1. The number of rotatable bonds is 5. The normalized spacial score (nSPS) is 20.3. The van der Waals surface area contributed by atoms with Gasteiger partial charge in [-0.25, -0.2) is 0 Å². The minimum absolute atomic E-state index is 0.0701. The Morgan fingerprint density at radius 3 is 2.89 bits per heavy atom. The fourth-order valence-corrected chi connectivity index (χ4v) is 2.40. The number of amides is 1. The van der Waals surface area contributed by atoms with Gasteiger partial charge in [-0.2, -0.15) is 0 Å². The monoisotopic (exact) mass is 261 g/mol. The van der Waals surface area contributed by atoms with Crippen LogP contribution in [0.4, 0.5) is 5.69 Å². The van der Waals surface area contributed by atoms with Crippen LogP contribution in [0, 0.1) is 11.8 Å². The van der Waals surface area contributed by atoms with E-state index in [0.29, 0.717) is 12.5 Å². The van der Waals surface area contributed by atoms with E-state index in [4.69, 9.17) is 5.73 Å². The molecule has 1 saturated heterocycles. The molecule has 4 nitrogen and oxygen atoms in total. The quantitative estimate of drug-likeness (QED) is 0.838. The Kier molecular flexibility index (Phi) is 4.80. The molecule has 19 heavy (non-hydrogen) atoms. The largest absolute Gasteiger partial charge is 0.371 e. The van der Waals surface area contributed by atoms with Crippen LogP contribution in [0.3, 0.4) is 0 Å². The average molecular weight is 261 g/mol. The molecule has 2 unspecified atom stereocenters. The lowest BCUT2D eigenvalue weighted by Gasteiger charge is -2.19. The number of hydrogen-bond donors (Lipinski definition) is 2. The maximum absolute atomic E-state index is 11.7. The summed E-state index contributed by atoms with van der Waals surface area (Å²) in [5.74, 6) is 0.515. The van der Waals surface area contributed by atoms with Crippen LogP contribution in [0.25, 0.3) is 0 Å². The highest BCUT2D eigenvalue weighted by atomic mass is 16.1. The molecule has 0 saturated carbocycles. The molecule has 0 bridgehead atoms. The summed E-state index contributed by atoms with van der Waals surface area (Å²) in [6, 6.07) is 10.4. The Labute approximate surface area is 115 Å². The van der Waals surface area contributed by atoms with E-state index in [2.05, 4.69) is 34.5 Å². The van der Waals surface area contributed by atoms with Gasteiger partial charge in [0, 0.05) is 37.8 Å². The molecule has 1 fully saturated rings. The van der Waals surface area contributed by atoms with Crippen LogP contribution in [0.1, 0.15) is 13.3 Å². The second-order valence-corrected chi connectivity index (χ2v) is 5.32. The summed E-state index contributed by atoms with van der Waals surface area (Å²) in [5, 5.41) is 3.00. The minimum Gasteiger partial charge on any atom is -0.371 e. The molecule has 3 N–H and O–H groups in total. The SMILES string of the molecule is CC(CN)C(=O)NCC1CCN(c2ccccc2)C1. The molecule has 2 atom stereocenters. The van der Waals surface area contributed by atoms with E-state index in [1.807, 2.05) is 13.0 Å². The number of nitrogens with one attached hydrogen (secondary N) is 1. The number of benzene rings is 1. The van der Waals surface area contributed by atoms with Crippen molar-refractivity contribution in [3.8, 4) is 0 Å². The highest BCUT2D eigenvalue weighted by Gasteiger charge is 2.23. The number of nitrogens with zero attached hydrogens (tertiary/aromatic N) is 1. The number of nitrogens with two attached hydrogens (primary N) is 1. The molecule has 0 spiro atoms. The van der Waals surface area contributed by atoms with Crippen LogP contribution in [0.5, 0.6) is 0 Å². The molecule has 0 aliphatic carbocycles. The van der Waals surface area contributed by atoms with Crippen molar-refractivity contribution in [2.45, 2.75) is 13.3 Å². The van der Waals surface area contributed by atoms with Crippen LogP contribution >= 0.6 is 0 Å². The molecule has 0 radical (unpaired) electrons. The average Bonchev–Trinajstić information content (AvgIpc) is 2.93. The van der Waals surface area contributed by atoms with Crippen LogP contribution in [-0.2, 0) is 4.79 Å². The topological polar surface area (TPSA) is 58.4 Å². The van der Waals surface area contributed by atoms with Crippen LogP contribution in [-0.4, -0.2) is 32.1 Å². The predicted octanol–water partition coefficient (Wildman–Crippen LogP) is 1.22. The van der Waals surface area contributed by atoms with Gasteiger partial charge in [-0.15, -0.1) is 0 Å². The van der Waals surface area contributed by atoms with Gasteiger partial charge >= 0.3 is 0 Å². The van der Waals surface area contributed by atoms with Crippen molar-refractivity contribution < 1.29 is 4.79 Å². The molecule has 1 amide bonds. The minimum atomic E-state index is -0.0911. The van der Waals surface area contributed by atoms with Crippen LogP contribution < -0.4 is 16.0 Å². The Balaban J connectivity index is 1.78. The molecule has 1 aliphatic heterocycles. The zero-order valence-electron chi connectivity index (χ0n) is 11.5. The summed E-state index contributed by atoms with van der Waals surface area (Å²) in [6.07, 6.45) is 1.13. The number of carbonyl (C=O) groups excluding carboxylic acids is 1. The molecule has 4 heteroatoms. The van der Waals surface area contributed by atoms with E-state index in [1.54, 1.807) is 0 Å². The van der Waals surface area contributed by atoms with E-state index in [0.717, 1.165) is 26.1 Å². The first-order chi connectivity index (χ1) is 9.20. The van der Waals surface area contributed by atoms with Gasteiger partial charge in [0.25, 0.3) is 0 Å². The molecule has 1 aromatic carbocycles. The van der Waals surface area contributed by atoms with E-state index < -0.39 is 0 Å². The molecular formula is C15H23N3O. The Morgan fingerprint density at radius 2 is 2.21 bits per heavy atom. The van der Waals surface area contributed by atoms with E-state index in [1.165, 1.54) is 5.69 Å². The Bertz CT molecular complexity index is 407. The fourth-order valence-electron chi connectivity index (χ4n) is 2.40. The van der Waals surface area contributed by atoms with Crippen molar-refractivity contribution in [3.05, 3.63) is 30.3 Å². The fraction of sp³-hybridized carbons (Fsp3) is 0.533. The van der Waals surface area contributed by atoms with E-state index in [9.17, 15) is 4.79 Å². The summed E-state index contributed by atoms with van der Waals surface area (Å²) in [6.45, 7) is 5.11. The molecule has 1 aliphatic rings. The maximum atomic E-state index is 11.7. The van der Waals surface area contributed by atoms with Gasteiger partial charge in [0.2, 0.25) is 5.91 Å². The molecule has 104 valence electrons. The van der Waals surface area contributed by atoms with Crippen molar-refractivity contribution in [2.24, 2.45) is 17.6 Å². The summed E-state index contributed by atoms with van der Waals surface area (Å²) >= 11 is 0.